The van der Waals surface area contributed by atoms with Crippen LogP contribution >= 0.6 is 0 Å². The molecule has 1 heterocycles. The zero-order valence-corrected chi connectivity index (χ0v) is 17.7. The number of ether oxygens (including phenoxy) is 1. The SMILES string of the molecule is CCN(C(=O)c1nc2c(OC)cccc2[nH]1)[C@H]1CCC[C@@H](NCc2ccccc2)C1. The highest BCUT2D eigenvalue weighted by Gasteiger charge is 2.30. The number of H-pyrrole nitrogens is 1. The third kappa shape index (κ3) is 4.33. The Kier molecular flexibility index (Phi) is 6.33. The molecule has 1 saturated carbocycles. The average molecular weight is 407 g/mol. The van der Waals surface area contributed by atoms with Gasteiger partial charge in [0.2, 0.25) is 0 Å². The molecule has 1 aromatic heterocycles. The topological polar surface area (TPSA) is 70.2 Å². The predicted octanol–water partition coefficient (Wildman–Crippen LogP) is 4.13. The zero-order chi connectivity index (χ0) is 20.9. The number of carbonyl (C=O) groups excluding carboxylic acids is 1. The first kappa shape index (κ1) is 20.4. The number of aromatic amines is 1. The fourth-order valence-electron chi connectivity index (χ4n) is 4.47. The van der Waals surface area contributed by atoms with Crippen LogP contribution in [0.3, 0.4) is 0 Å². The van der Waals surface area contributed by atoms with E-state index in [0.717, 1.165) is 37.7 Å². The lowest BCUT2D eigenvalue weighted by atomic mass is 9.89. The summed E-state index contributed by atoms with van der Waals surface area (Å²) in [4.78, 5) is 23.0. The summed E-state index contributed by atoms with van der Waals surface area (Å²) in [5, 5.41) is 3.68. The number of aromatic nitrogens is 2. The first-order valence-corrected chi connectivity index (χ1v) is 10.8. The second-order valence-electron chi connectivity index (χ2n) is 7.92. The van der Waals surface area contributed by atoms with Crippen molar-refractivity contribution in [3.05, 3.63) is 59.9 Å². The number of methoxy groups -OCH3 is 1. The van der Waals surface area contributed by atoms with Crippen molar-refractivity contribution in [2.24, 2.45) is 0 Å². The second kappa shape index (κ2) is 9.30. The van der Waals surface area contributed by atoms with E-state index in [0.29, 0.717) is 29.7 Å². The molecule has 3 aromatic rings. The van der Waals surface area contributed by atoms with Gasteiger partial charge >= 0.3 is 0 Å². The number of benzene rings is 2. The van der Waals surface area contributed by atoms with Crippen molar-refractivity contribution in [2.75, 3.05) is 13.7 Å². The number of rotatable bonds is 7. The maximum absolute atomic E-state index is 13.3. The quantitative estimate of drug-likeness (QED) is 0.619. The number of hydrogen-bond acceptors (Lipinski definition) is 4. The van der Waals surface area contributed by atoms with Gasteiger partial charge in [-0.1, -0.05) is 36.4 Å². The monoisotopic (exact) mass is 406 g/mol. The highest BCUT2D eigenvalue weighted by Crippen LogP contribution is 2.27. The molecule has 1 amide bonds. The summed E-state index contributed by atoms with van der Waals surface area (Å²) < 4.78 is 5.39. The van der Waals surface area contributed by atoms with Gasteiger partial charge in [-0.15, -0.1) is 0 Å². The molecule has 6 heteroatoms. The third-order valence-corrected chi connectivity index (χ3v) is 6.02. The average Bonchev–Trinajstić information content (AvgIpc) is 3.24. The van der Waals surface area contributed by atoms with Gasteiger partial charge in [-0.2, -0.15) is 0 Å². The lowest BCUT2D eigenvalue weighted by Crippen LogP contribution is -2.47. The first-order chi connectivity index (χ1) is 14.7. The molecule has 4 rings (SSSR count). The maximum atomic E-state index is 13.3. The summed E-state index contributed by atoms with van der Waals surface area (Å²) in [5.74, 6) is 1.02. The molecule has 158 valence electrons. The van der Waals surface area contributed by atoms with E-state index in [9.17, 15) is 4.79 Å². The molecule has 0 aliphatic heterocycles. The molecule has 0 spiro atoms. The Labute approximate surface area is 177 Å². The molecule has 2 atom stereocenters. The molecule has 0 saturated heterocycles. The van der Waals surface area contributed by atoms with Crippen LogP contribution < -0.4 is 10.1 Å². The molecule has 2 aromatic carbocycles. The van der Waals surface area contributed by atoms with Crippen molar-refractivity contribution in [3.63, 3.8) is 0 Å². The van der Waals surface area contributed by atoms with E-state index in [1.54, 1.807) is 7.11 Å². The van der Waals surface area contributed by atoms with Crippen molar-refractivity contribution >= 4 is 16.9 Å². The molecular formula is C24H30N4O2. The smallest absolute Gasteiger partial charge is 0.289 e. The van der Waals surface area contributed by atoms with Crippen LogP contribution in [0.15, 0.2) is 48.5 Å². The minimum atomic E-state index is -0.0375. The van der Waals surface area contributed by atoms with E-state index in [4.69, 9.17) is 4.74 Å². The summed E-state index contributed by atoms with van der Waals surface area (Å²) in [6.45, 7) is 3.58. The highest BCUT2D eigenvalue weighted by atomic mass is 16.5. The Morgan fingerprint density at radius 1 is 1.20 bits per heavy atom. The summed E-state index contributed by atoms with van der Waals surface area (Å²) in [7, 11) is 1.62. The number of hydrogen-bond donors (Lipinski definition) is 2. The Morgan fingerprint density at radius 2 is 2.03 bits per heavy atom. The van der Waals surface area contributed by atoms with Gasteiger partial charge in [-0.05, 0) is 50.3 Å². The van der Waals surface area contributed by atoms with Crippen LogP contribution in [0, 0.1) is 0 Å². The molecular weight excluding hydrogens is 376 g/mol. The number of nitrogens with zero attached hydrogens (tertiary/aromatic N) is 2. The summed E-state index contributed by atoms with van der Waals surface area (Å²) in [5.41, 5.74) is 2.81. The van der Waals surface area contributed by atoms with Gasteiger partial charge < -0.3 is 19.9 Å². The highest BCUT2D eigenvalue weighted by molar-refractivity contribution is 5.95. The molecule has 1 aliphatic rings. The molecule has 1 aliphatic carbocycles. The summed E-state index contributed by atoms with van der Waals surface area (Å²) in [6.07, 6.45) is 4.27. The normalized spacial score (nSPS) is 19.0. The zero-order valence-electron chi connectivity index (χ0n) is 17.7. The lowest BCUT2D eigenvalue weighted by Gasteiger charge is -2.37. The number of fused-ring (bicyclic) bond motifs is 1. The standard InChI is InChI=1S/C24H30N4O2/c1-3-28(24(29)23-26-20-13-8-14-21(30-2)22(20)27-23)19-12-7-11-18(15-19)25-16-17-9-5-4-6-10-17/h4-6,8-10,13-14,18-19,25H,3,7,11-12,15-16H2,1-2H3,(H,26,27)/t18-,19+/m1/s1. The third-order valence-electron chi connectivity index (χ3n) is 6.02. The minimum Gasteiger partial charge on any atom is -0.494 e. The Morgan fingerprint density at radius 3 is 2.80 bits per heavy atom. The van der Waals surface area contributed by atoms with Gasteiger partial charge in [0.05, 0.1) is 12.6 Å². The van der Waals surface area contributed by atoms with E-state index in [2.05, 4.69) is 39.6 Å². The van der Waals surface area contributed by atoms with Crippen molar-refractivity contribution in [2.45, 2.75) is 51.2 Å². The molecule has 0 radical (unpaired) electrons. The fourth-order valence-corrected chi connectivity index (χ4v) is 4.47. The van der Waals surface area contributed by atoms with Crippen molar-refractivity contribution in [1.29, 1.82) is 0 Å². The van der Waals surface area contributed by atoms with Gasteiger partial charge in [0, 0.05) is 25.2 Å². The van der Waals surface area contributed by atoms with Crippen LogP contribution in [0.2, 0.25) is 0 Å². The molecule has 0 unspecified atom stereocenters. The number of nitrogens with one attached hydrogen (secondary N) is 2. The van der Waals surface area contributed by atoms with Crippen LogP contribution in [-0.4, -0.2) is 46.5 Å². The van der Waals surface area contributed by atoms with Crippen molar-refractivity contribution < 1.29 is 9.53 Å². The Hall–Kier alpha value is -2.86. The summed E-state index contributed by atoms with van der Waals surface area (Å²) in [6, 6.07) is 16.8. The molecule has 0 bridgehead atoms. The van der Waals surface area contributed by atoms with Crippen LogP contribution in [0.25, 0.3) is 11.0 Å². The molecule has 6 nitrogen and oxygen atoms in total. The number of para-hydroxylation sites is 1. The van der Waals surface area contributed by atoms with E-state index < -0.39 is 0 Å². The summed E-state index contributed by atoms with van der Waals surface area (Å²) >= 11 is 0. The van der Waals surface area contributed by atoms with Crippen molar-refractivity contribution in [1.82, 2.24) is 20.2 Å². The predicted molar refractivity (Wildman–Crippen MR) is 119 cm³/mol. The Bertz CT molecular complexity index is 985. The maximum Gasteiger partial charge on any atom is 0.289 e. The van der Waals surface area contributed by atoms with Gasteiger partial charge in [0.1, 0.15) is 11.3 Å². The first-order valence-electron chi connectivity index (χ1n) is 10.8. The van der Waals surface area contributed by atoms with Crippen LogP contribution in [0.4, 0.5) is 0 Å². The van der Waals surface area contributed by atoms with E-state index in [1.807, 2.05) is 36.1 Å². The van der Waals surface area contributed by atoms with Crippen LogP contribution in [-0.2, 0) is 6.54 Å². The van der Waals surface area contributed by atoms with Gasteiger partial charge in [-0.25, -0.2) is 4.98 Å². The largest absolute Gasteiger partial charge is 0.494 e. The van der Waals surface area contributed by atoms with Crippen molar-refractivity contribution in [3.8, 4) is 5.75 Å². The number of carbonyl (C=O) groups is 1. The number of imidazole rings is 1. The van der Waals surface area contributed by atoms with E-state index in [-0.39, 0.29) is 11.9 Å². The van der Waals surface area contributed by atoms with E-state index in [1.165, 1.54) is 5.56 Å². The second-order valence-corrected chi connectivity index (χ2v) is 7.92. The van der Waals surface area contributed by atoms with Gasteiger partial charge in [-0.3, -0.25) is 4.79 Å². The lowest BCUT2D eigenvalue weighted by molar-refractivity contribution is 0.0617. The molecule has 30 heavy (non-hydrogen) atoms. The fraction of sp³-hybridized carbons (Fsp3) is 0.417. The minimum absolute atomic E-state index is 0.0375. The van der Waals surface area contributed by atoms with Crippen LogP contribution in [0.1, 0.15) is 48.8 Å². The van der Waals surface area contributed by atoms with Crippen LogP contribution in [0.5, 0.6) is 5.75 Å². The Balaban J connectivity index is 1.45. The van der Waals surface area contributed by atoms with E-state index >= 15 is 0 Å². The van der Waals surface area contributed by atoms with Gasteiger partial charge in [0.25, 0.3) is 5.91 Å². The molecule has 2 N–H and O–H groups in total. The number of amides is 1. The molecule has 1 fully saturated rings. The van der Waals surface area contributed by atoms with Gasteiger partial charge in [0.15, 0.2) is 5.82 Å².